The van der Waals surface area contributed by atoms with Crippen molar-refractivity contribution >= 4 is 33.4 Å². The van der Waals surface area contributed by atoms with Gasteiger partial charge in [-0.25, -0.2) is 4.90 Å². The van der Waals surface area contributed by atoms with Crippen LogP contribution in [0.25, 0.3) is 11.4 Å². The number of halogens is 1. The lowest BCUT2D eigenvalue weighted by Gasteiger charge is -2.19. The standard InChI is InChI=1S/C20H15BrN6O4/c1-30-14-7-5-13(6-8-14)27-19(28)16-17(20(27)29)26(25-23-16)10-15-22-18(24-31-15)11-3-2-4-12(21)9-11/h2-9,16-17H,10H2,1H3/t16-,17+/m1/s1. The molecule has 2 aromatic carbocycles. The van der Waals surface area contributed by atoms with Gasteiger partial charge in [0.2, 0.25) is 11.7 Å². The number of amides is 2. The molecule has 2 amide bonds. The number of imide groups is 1. The minimum absolute atomic E-state index is 0.0567. The zero-order chi connectivity index (χ0) is 21.5. The number of anilines is 1. The molecule has 0 aliphatic carbocycles. The summed E-state index contributed by atoms with van der Waals surface area (Å²) in [5, 5.41) is 13.4. The maximum absolute atomic E-state index is 13.1. The molecule has 2 atom stereocenters. The summed E-state index contributed by atoms with van der Waals surface area (Å²) in [7, 11) is 1.55. The molecular formula is C20H15BrN6O4. The summed E-state index contributed by atoms with van der Waals surface area (Å²) < 4.78 is 11.3. The minimum atomic E-state index is -0.901. The van der Waals surface area contributed by atoms with E-state index in [2.05, 4.69) is 36.4 Å². The summed E-state index contributed by atoms with van der Waals surface area (Å²) in [4.78, 5) is 31.4. The van der Waals surface area contributed by atoms with Gasteiger partial charge in [0.25, 0.3) is 11.8 Å². The molecule has 0 N–H and O–H groups in total. The van der Waals surface area contributed by atoms with Crippen LogP contribution in [-0.4, -0.2) is 46.2 Å². The highest BCUT2D eigenvalue weighted by atomic mass is 79.9. The number of hydrogen-bond donors (Lipinski definition) is 0. The van der Waals surface area contributed by atoms with Crippen molar-refractivity contribution in [2.24, 2.45) is 10.3 Å². The van der Waals surface area contributed by atoms with Gasteiger partial charge in [-0.05, 0) is 36.4 Å². The second-order valence-electron chi connectivity index (χ2n) is 6.92. The quantitative estimate of drug-likeness (QED) is 0.513. The lowest BCUT2D eigenvalue weighted by molar-refractivity contribution is -0.123. The summed E-state index contributed by atoms with van der Waals surface area (Å²) in [5.41, 5.74) is 1.23. The highest BCUT2D eigenvalue weighted by molar-refractivity contribution is 9.10. The Hall–Kier alpha value is -3.60. The molecule has 3 aromatic rings. The summed E-state index contributed by atoms with van der Waals surface area (Å²) in [6, 6.07) is 12.4. The van der Waals surface area contributed by atoms with Crippen LogP contribution in [0.1, 0.15) is 5.89 Å². The Morgan fingerprint density at radius 2 is 1.94 bits per heavy atom. The van der Waals surface area contributed by atoms with Gasteiger partial charge in [-0.1, -0.05) is 38.4 Å². The highest BCUT2D eigenvalue weighted by Crippen LogP contribution is 2.33. The number of carbonyl (C=O) groups excluding carboxylic acids is 2. The molecule has 0 spiro atoms. The summed E-state index contributed by atoms with van der Waals surface area (Å²) >= 11 is 3.41. The van der Waals surface area contributed by atoms with Crippen LogP contribution in [0, 0.1) is 0 Å². The van der Waals surface area contributed by atoms with E-state index >= 15 is 0 Å². The Morgan fingerprint density at radius 1 is 1.13 bits per heavy atom. The maximum Gasteiger partial charge on any atom is 0.263 e. The Bertz CT molecular complexity index is 1190. The van der Waals surface area contributed by atoms with E-state index in [0.29, 0.717) is 17.3 Å². The van der Waals surface area contributed by atoms with Crippen LogP contribution >= 0.6 is 15.9 Å². The van der Waals surface area contributed by atoms with E-state index in [1.54, 1.807) is 31.4 Å². The number of aromatic nitrogens is 2. The predicted octanol–water partition coefficient (Wildman–Crippen LogP) is 3.00. The van der Waals surface area contributed by atoms with E-state index in [9.17, 15) is 9.59 Å². The highest BCUT2D eigenvalue weighted by Gasteiger charge is 2.55. The maximum atomic E-state index is 13.1. The van der Waals surface area contributed by atoms with Gasteiger partial charge in [0, 0.05) is 10.0 Å². The molecule has 1 fully saturated rings. The van der Waals surface area contributed by atoms with Gasteiger partial charge in [0.05, 0.1) is 12.8 Å². The zero-order valence-corrected chi connectivity index (χ0v) is 17.8. The van der Waals surface area contributed by atoms with Gasteiger partial charge in [-0.3, -0.25) is 14.6 Å². The van der Waals surface area contributed by atoms with Gasteiger partial charge in [-0.2, -0.15) is 10.1 Å². The molecular weight excluding hydrogens is 468 g/mol. The van der Waals surface area contributed by atoms with Gasteiger partial charge in [0.15, 0.2) is 12.1 Å². The zero-order valence-electron chi connectivity index (χ0n) is 16.2. The third-order valence-electron chi connectivity index (χ3n) is 5.04. The van der Waals surface area contributed by atoms with Gasteiger partial charge >= 0.3 is 0 Å². The Balaban J connectivity index is 1.35. The fourth-order valence-corrected chi connectivity index (χ4v) is 3.94. The number of benzene rings is 2. The number of methoxy groups -OCH3 is 1. The number of hydrogen-bond acceptors (Lipinski definition) is 9. The van der Waals surface area contributed by atoms with Crippen LogP contribution in [-0.2, 0) is 16.1 Å². The molecule has 11 heteroatoms. The summed E-state index contributed by atoms with van der Waals surface area (Å²) in [6.07, 6.45) is 0. The molecule has 3 heterocycles. The van der Waals surface area contributed by atoms with Gasteiger partial charge in [-0.15, -0.1) is 0 Å². The molecule has 0 bridgehead atoms. The third kappa shape index (κ3) is 3.36. The smallest absolute Gasteiger partial charge is 0.263 e. The van der Waals surface area contributed by atoms with E-state index in [0.717, 1.165) is 14.9 Å². The van der Waals surface area contributed by atoms with Crippen molar-refractivity contribution in [1.29, 1.82) is 0 Å². The molecule has 1 aromatic heterocycles. The number of ether oxygens (including phenoxy) is 1. The first-order valence-corrected chi connectivity index (χ1v) is 10.1. The van der Waals surface area contributed by atoms with Crippen LogP contribution in [0.3, 0.4) is 0 Å². The van der Waals surface area contributed by atoms with Crippen LogP contribution in [0.4, 0.5) is 5.69 Å². The summed E-state index contributed by atoms with van der Waals surface area (Å²) in [6.45, 7) is 0.0567. The van der Waals surface area contributed by atoms with E-state index in [-0.39, 0.29) is 12.4 Å². The van der Waals surface area contributed by atoms with Gasteiger partial charge in [0.1, 0.15) is 12.3 Å². The molecule has 2 aliphatic rings. The Kier molecular flexibility index (Phi) is 4.74. The number of fused-ring (bicyclic) bond motifs is 1. The fourth-order valence-electron chi connectivity index (χ4n) is 3.54. The first kappa shape index (κ1) is 19.4. The average molecular weight is 483 g/mol. The second kappa shape index (κ2) is 7.58. The van der Waals surface area contributed by atoms with Crippen molar-refractivity contribution in [2.45, 2.75) is 18.6 Å². The van der Waals surface area contributed by atoms with Crippen LogP contribution in [0.2, 0.25) is 0 Å². The van der Waals surface area contributed by atoms with Crippen LogP contribution in [0.5, 0.6) is 5.75 Å². The Morgan fingerprint density at radius 3 is 2.68 bits per heavy atom. The fraction of sp³-hybridized carbons (Fsp3) is 0.200. The molecule has 10 nitrogen and oxygen atoms in total. The van der Waals surface area contributed by atoms with E-state index in [4.69, 9.17) is 9.26 Å². The SMILES string of the molecule is COc1ccc(N2C(=O)[C@@H]3[C@@H](N=NN3Cc3nc(-c4cccc(Br)c4)no3)C2=O)cc1. The third-order valence-corrected chi connectivity index (χ3v) is 5.53. The topological polar surface area (TPSA) is 113 Å². The summed E-state index contributed by atoms with van der Waals surface area (Å²) in [5.74, 6) is 0.473. The van der Waals surface area contributed by atoms with E-state index < -0.39 is 23.9 Å². The van der Waals surface area contributed by atoms with Crippen molar-refractivity contribution < 1.29 is 18.8 Å². The molecule has 5 rings (SSSR count). The Labute approximate surface area is 184 Å². The number of carbonyl (C=O) groups is 2. The molecule has 2 aliphatic heterocycles. The van der Waals surface area contributed by atoms with E-state index in [1.165, 1.54) is 5.01 Å². The van der Waals surface area contributed by atoms with Crippen molar-refractivity contribution in [1.82, 2.24) is 15.1 Å². The first-order chi connectivity index (χ1) is 15.0. The van der Waals surface area contributed by atoms with Gasteiger partial charge < -0.3 is 9.26 Å². The molecule has 156 valence electrons. The first-order valence-electron chi connectivity index (χ1n) is 9.33. The number of nitrogens with zero attached hydrogens (tertiary/aromatic N) is 6. The van der Waals surface area contributed by atoms with Crippen molar-refractivity contribution in [3.05, 3.63) is 58.9 Å². The molecule has 0 unspecified atom stereocenters. The largest absolute Gasteiger partial charge is 0.497 e. The van der Waals surface area contributed by atoms with Crippen molar-refractivity contribution in [2.75, 3.05) is 12.0 Å². The van der Waals surface area contributed by atoms with Crippen LogP contribution in [0.15, 0.2) is 67.9 Å². The lowest BCUT2D eigenvalue weighted by Crippen LogP contribution is -2.39. The monoisotopic (exact) mass is 482 g/mol. The molecule has 1 saturated heterocycles. The van der Waals surface area contributed by atoms with Crippen molar-refractivity contribution in [3.8, 4) is 17.1 Å². The van der Waals surface area contributed by atoms with E-state index in [1.807, 2.05) is 24.3 Å². The second-order valence-corrected chi connectivity index (χ2v) is 7.84. The normalized spacial score (nSPS) is 19.9. The molecule has 0 saturated carbocycles. The molecule has 31 heavy (non-hydrogen) atoms. The lowest BCUT2D eigenvalue weighted by atomic mass is 10.1. The average Bonchev–Trinajstić information content (AvgIpc) is 3.47. The van der Waals surface area contributed by atoms with Crippen molar-refractivity contribution in [3.63, 3.8) is 0 Å². The minimum Gasteiger partial charge on any atom is -0.497 e. The number of rotatable bonds is 5. The molecule has 0 radical (unpaired) electrons. The predicted molar refractivity (Wildman–Crippen MR) is 111 cm³/mol. The van der Waals surface area contributed by atoms with Crippen LogP contribution < -0.4 is 9.64 Å².